The number of hydrogen-bond acceptors (Lipinski definition) is 4. The van der Waals surface area contributed by atoms with Gasteiger partial charge in [0.1, 0.15) is 28.1 Å². The largest absolute Gasteiger partial charge is 0.424 e. The summed E-state index contributed by atoms with van der Waals surface area (Å²) in [4.78, 5) is 8.00. The fourth-order valence-electron chi connectivity index (χ4n) is 1.41. The predicted octanol–water partition coefficient (Wildman–Crippen LogP) is 2.49. The molecule has 0 unspecified atom stereocenters. The number of halogens is 2. The number of benzene rings is 1. The van der Waals surface area contributed by atoms with Crippen LogP contribution < -0.4 is 10.5 Å². The molecule has 2 N–H and O–H groups in total. The van der Waals surface area contributed by atoms with E-state index in [1.165, 1.54) is 0 Å². The Kier molecular flexibility index (Phi) is 3.66. The number of hydrogen-bond donors (Lipinski definition) is 1. The van der Waals surface area contributed by atoms with E-state index in [1.807, 2.05) is 0 Å². The van der Waals surface area contributed by atoms with E-state index < -0.39 is 11.6 Å². The maximum absolute atomic E-state index is 13.0. The molecule has 0 fully saturated rings. The van der Waals surface area contributed by atoms with Crippen LogP contribution in [0.15, 0.2) is 24.3 Å². The fourth-order valence-corrected chi connectivity index (χ4v) is 1.51. The molecular formula is C12H9F2N3OS. The summed E-state index contributed by atoms with van der Waals surface area (Å²) in [6.45, 7) is 1.70. The number of aromatic nitrogens is 2. The molecule has 0 aliphatic heterocycles. The summed E-state index contributed by atoms with van der Waals surface area (Å²) in [5.74, 6) is -1.55. The van der Waals surface area contributed by atoms with Gasteiger partial charge in [-0.1, -0.05) is 12.2 Å². The molecule has 1 aromatic heterocycles. The molecule has 2 rings (SSSR count). The summed E-state index contributed by atoms with van der Waals surface area (Å²) in [5, 5.41) is 0. The van der Waals surface area contributed by atoms with Crippen molar-refractivity contribution in [2.75, 3.05) is 0 Å². The highest BCUT2D eigenvalue weighted by atomic mass is 32.1. The Bertz CT molecular complexity index is 629. The van der Waals surface area contributed by atoms with Gasteiger partial charge < -0.3 is 10.5 Å². The van der Waals surface area contributed by atoms with Crippen molar-refractivity contribution in [2.45, 2.75) is 6.92 Å². The number of nitrogens with zero attached hydrogens (tertiary/aromatic N) is 2. The second kappa shape index (κ2) is 5.23. The van der Waals surface area contributed by atoms with Gasteiger partial charge in [-0.25, -0.2) is 13.8 Å². The van der Waals surface area contributed by atoms with Crippen molar-refractivity contribution in [3.05, 3.63) is 47.3 Å². The molecule has 1 aromatic carbocycles. The summed E-state index contributed by atoms with van der Waals surface area (Å²) in [6, 6.07) is 4.30. The van der Waals surface area contributed by atoms with Crippen LogP contribution in [0.2, 0.25) is 0 Å². The van der Waals surface area contributed by atoms with Crippen molar-refractivity contribution in [2.24, 2.45) is 5.73 Å². The third-order valence-electron chi connectivity index (χ3n) is 2.13. The molecule has 0 saturated carbocycles. The number of ether oxygens (including phenoxy) is 1. The lowest BCUT2D eigenvalue weighted by molar-refractivity contribution is 0.431. The van der Waals surface area contributed by atoms with Crippen molar-refractivity contribution >= 4 is 17.2 Å². The SMILES string of the molecule is Cc1cc(C(N)=S)nc(Oc2cc(F)cc(F)c2)n1. The standard InChI is InChI=1S/C12H9F2N3OS/c1-6-2-10(11(15)19)17-12(16-6)18-9-4-7(13)3-8(14)5-9/h2-5H,1H3,(H2,15,19). The molecule has 19 heavy (non-hydrogen) atoms. The van der Waals surface area contributed by atoms with Crippen LogP contribution in [-0.2, 0) is 0 Å². The number of thiocarbonyl (C=S) groups is 1. The molecule has 0 radical (unpaired) electrons. The molecule has 0 amide bonds. The van der Waals surface area contributed by atoms with Crippen molar-refractivity contribution in [3.8, 4) is 11.8 Å². The lowest BCUT2D eigenvalue weighted by Gasteiger charge is -2.06. The summed E-state index contributed by atoms with van der Waals surface area (Å²) in [7, 11) is 0. The topological polar surface area (TPSA) is 61.0 Å². The molecule has 0 atom stereocenters. The van der Waals surface area contributed by atoms with Crippen LogP contribution in [0.1, 0.15) is 11.4 Å². The molecule has 0 aliphatic carbocycles. The second-order valence-corrected chi connectivity index (χ2v) is 4.19. The quantitative estimate of drug-likeness (QED) is 0.876. The minimum absolute atomic E-state index is 0.0445. The van der Waals surface area contributed by atoms with Gasteiger partial charge in [0, 0.05) is 23.9 Å². The summed E-state index contributed by atoms with van der Waals surface area (Å²) in [6.07, 6.45) is 0. The van der Waals surface area contributed by atoms with E-state index in [-0.39, 0.29) is 16.7 Å². The number of aryl methyl sites for hydroxylation is 1. The van der Waals surface area contributed by atoms with Gasteiger partial charge in [0.2, 0.25) is 0 Å². The Morgan fingerprint density at radius 1 is 1.16 bits per heavy atom. The van der Waals surface area contributed by atoms with Gasteiger partial charge in [-0.15, -0.1) is 0 Å². The van der Waals surface area contributed by atoms with E-state index in [9.17, 15) is 8.78 Å². The summed E-state index contributed by atoms with van der Waals surface area (Å²) in [5.41, 5.74) is 6.36. The van der Waals surface area contributed by atoms with E-state index in [4.69, 9.17) is 22.7 Å². The van der Waals surface area contributed by atoms with Gasteiger partial charge in [-0.05, 0) is 13.0 Å². The first kappa shape index (κ1) is 13.3. The van der Waals surface area contributed by atoms with E-state index in [0.29, 0.717) is 11.4 Å². The normalized spacial score (nSPS) is 10.3. The van der Waals surface area contributed by atoms with Crippen LogP contribution in [0.25, 0.3) is 0 Å². The Balaban J connectivity index is 2.35. The van der Waals surface area contributed by atoms with Crippen LogP contribution in [0, 0.1) is 18.6 Å². The van der Waals surface area contributed by atoms with Gasteiger partial charge in [0.15, 0.2) is 0 Å². The molecule has 2 aromatic rings. The predicted molar refractivity (Wildman–Crippen MR) is 69.1 cm³/mol. The zero-order chi connectivity index (χ0) is 14.0. The Morgan fingerprint density at radius 2 is 1.79 bits per heavy atom. The minimum Gasteiger partial charge on any atom is -0.424 e. The van der Waals surface area contributed by atoms with Gasteiger partial charge >= 0.3 is 6.01 Å². The first-order valence-corrected chi connectivity index (χ1v) is 5.64. The Labute approximate surface area is 113 Å². The second-order valence-electron chi connectivity index (χ2n) is 3.75. The van der Waals surface area contributed by atoms with Crippen LogP contribution in [-0.4, -0.2) is 15.0 Å². The molecule has 1 heterocycles. The monoisotopic (exact) mass is 281 g/mol. The summed E-state index contributed by atoms with van der Waals surface area (Å²) >= 11 is 4.80. The minimum atomic E-state index is -0.753. The van der Waals surface area contributed by atoms with Crippen molar-refractivity contribution in [3.63, 3.8) is 0 Å². The molecule has 0 bridgehead atoms. The molecule has 0 spiro atoms. The van der Waals surface area contributed by atoms with Crippen LogP contribution in [0.4, 0.5) is 8.78 Å². The lowest BCUT2D eigenvalue weighted by atomic mass is 10.3. The Hall–Kier alpha value is -2.15. The van der Waals surface area contributed by atoms with Gasteiger partial charge in [-0.3, -0.25) is 0 Å². The molecule has 0 saturated heterocycles. The smallest absolute Gasteiger partial charge is 0.322 e. The zero-order valence-corrected chi connectivity index (χ0v) is 10.7. The van der Waals surface area contributed by atoms with Gasteiger partial charge in [0.25, 0.3) is 0 Å². The molecule has 98 valence electrons. The highest BCUT2D eigenvalue weighted by Gasteiger charge is 2.08. The average Bonchev–Trinajstić information content (AvgIpc) is 2.26. The van der Waals surface area contributed by atoms with E-state index in [1.54, 1.807) is 13.0 Å². The van der Waals surface area contributed by atoms with E-state index >= 15 is 0 Å². The maximum Gasteiger partial charge on any atom is 0.322 e. The average molecular weight is 281 g/mol. The Morgan fingerprint density at radius 3 is 2.37 bits per heavy atom. The van der Waals surface area contributed by atoms with E-state index in [2.05, 4.69) is 9.97 Å². The molecule has 7 heteroatoms. The van der Waals surface area contributed by atoms with Crippen LogP contribution in [0.5, 0.6) is 11.8 Å². The summed E-state index contributed by atoms with van der Waals surface area (Å²) < 4.78 is 31.2. The molecular weight excluding hydrogens is 272 g/mol. The number of nitrogens with two attached hydrogens (primary N) is 1. The third kappa shape index (κ3) is 3.41. The third-order valence-corrected chi connectivity index (χ3v) is 2.34. The lowest BCUT2D eigenvalue weighted by Crippen LogP contribution is -2.13. The van der Waals surface area contributed by atoms with Crippen molar-refractivity contribution in [1.29, 1.82) is 0 Å². The van der Waals surface area contributed by atoms with Crippen molar-refractivity contribution in [1.82, 2.24) is 9.97 Å². The fraction of sp³-hybridized carbons (Fsp3) is 0.0833. The number of rotatable bonds is 3. The van der Waals surface area contributed by atoms with Crippen LogP contribution >= 0.6 is 12.2 Å². The van der Waals surface area contributed by atoms with Gasteiger partial charge in [0.05, 0.1) is 0 Å². The molecule has 4 nitrogen and oxygen atoms in total. The van der Waals surface area contributed by atoms with Crippen LogP contribution in [0.3, 0.4) is 0 Å². The first-order valence-electron chi connectivity index (χ1n) is 5.23. The first-order chi connectivity index (χ1) is 8.94. The maximum atomic E-state index is 13.0. The highest BCUT2D eigenvalue weighted by molar-refractivity contribution is 7.80. The van der Waals surface area contributed by atoms with E-state index in [0.717, 1.165) is 18.2 Å². The highest BCUT2D eigenvalue weighted by Crippen LogP contribution is 2.21. The van der Waals surface area contributed by atoms with Gasteiger partial charge in [-0.2, -0.15) is 4.98 Å². The zero-order valence-electron chi connectivity index (χ0n) is 9.85. The molecule has 0 aliphatic rings. The van der Waals surface area contributed by atoms with Crippen molar-refractivity contribution < 1.29 is 13.5 Å².